The molecule has 11 heteroatoms. The molecule has 0 atom stereocenters. The van der Waals surface area contributed by atoms with Gasteiger partial charge in [0, 0.05) is 31.4 Å². The summed E-state index contributed by atoms with van der Waals surface area (Å²) < 4.78 is 34.7. The second-order valence-corrected chi connectivity index (χ2v) is 8.16. The van der Waals surface area contributed by atoms with Crippen molar-refractivity contribution in [1.82, 2.24) is 19.9 Å². The van der Waals surface area contributed by atoms with E-state index in [1.165, 1.54) is 30.6 Å². The minimum atomic E-state index is -0.763. The van der Waals surface area contributed by atoms with Gasteiger partial charge in [0.25, 0.3) is 0 Å². The molecule has 5 N–H and O–H groups in total. The van der Waals surface area contributed by atoms with Crippen LogP contribution in [0.15, 0.2) is 48.9 Å². The van der Waals surface area contributed by atoms with Gasteiger partial charge >= 0.3 is 6.03 Å². The molecule has 0 bridgehead atoms. The van der Waals surface area contributed by atoms with Crippen LogP contribution in [0.1, 0.15) is 5.56 Å². The summed E-state index contributed by atoms with van der Waals surface area (Å²) in [5, 5.41) is 5.42. The summed E-state index contributed by atoms with van der Waals surface area (Å²) >= 11 is 0. The molecule has 2 amide bonds. The Balaban J connectivity index is 1.26. The van der Waals surface area contributed by atoms with Crippen LogP contribution in [0.4, 0.5) is 30.8 Å². The maximum atomic E-state index is 14.8. The van der Waals surface area contributed by atoms with E-state index in [4.69, 9.17) is 10.5 Å². The van der Waals surface area contributed by atoms with Crippen molar-refractivity contribution < 1.29 is 18.3 Å². The Kier molecular flexibility index (Phi) is 6.25. The number of hydrogen-bond acceptors (Lipinski definition) is 6. The predicted octanol–water partition coefficient (Wildman–Crippen LogP) is 3.96. The van der Waals surface area contributed by atoms with Gasteiger partial charge in [0.2, 0.25) is 0 Å². The number of carbonyl (C=O) groups excluding carboxylic acids is 1. The third-order valence-corrected chi connectivity index (χ3v) is 5.82. The highest BCUT2D eigenvalue weighted by atomic mass is 19.1. The first-order chi connectivity index (χ1) is 17.0. The summed E-state index contributed by atoms with van der Waals surface area (Å²) in [5.74, 6) is -0.962. The molecule has 0 radical (unpaired) electrons. The number of fused-ring (bicyclic) bond motifs is 1. The Morgan fingerprint density at radius 3 is 2.49 bits per heavy atom. The number of nitrogens with one attached hydrogen (secondary N) is 3. The summed E-state index contributed by atoms with van der Waals surface area (Å²) in [6.07, 6.45) is 3.00. The lowest BCUT2D eigenvalue weighted by atomic mass is 10.1. The highest BCUT2D eigenvalue weighted by Crippen LogP contribution is 2.32. The number of rotatable bonds is 5. The van der Waals surface area contributed by atoms with E-state index in [9.17, 15) is 13.6 Å². The molecule has 1 aliphatic heterocycles. The van der Waals surface area contributed by atoms with E-state index in [0.29, 0.717) is 41.9 Å². The number of aromatic nitrogens is 3. The summed E-state index contributed by atoms with van der Waals surface area (Å²) in [6, 6.07) is 8.19. The van der Waals surface area contributed by atoms with Gasteiger partial charge < -0.3 is 26.1 Å². The highest BCUT2D eigenvalue weighted by molar-refractivity contribution is 6.02. The SMILES string of the molecule is Nc1ncnc2[nH]cc(-c3ccc(NC(=O)Nc4ccc(CN5CCOCC5)cc4F)c(F)c3)c12. The van der Waals surface area contributed by atoms with E-state index in [-0.39, 0.29) is 17.2 Å². The summed E-state index contributed by atoms with van der Waals surface area (Å²) in [5.41, 5.74) is 8.38. The number of anilines is 3. The summed E-state index contributed by atoms with van der Waals surface area (Å²) in [6.45, 7) is 3.48. The third kappa shape index (κ3) is 4.91. The lowest BCUT2D eigenvalue weighted by Gasteiger charge is -2.26. The minimum Gasteiger partial charge on any atom is -0.383 e. The standard InChI is InChI=1S/C24H23F2N7O2/c25-17-9-14(12-33-5-7-35-8-6-33)1-3-19(17)31-24(34)32-20-4-2-15(10-18(20)26)16-11-28-23-21(16)22(27)29-13-30-23/h1-4,9-11,13H,5-8,12H2,(H2,31,32,34)(H3,27,28,29,30). The second-order valence-electron chi connectivity index (χ2n) is 8.16. The first-order valence-electron chi connectivity index (χ1n) is 11.0. The van der Waals surface area contributed by atoms with Gasteiger partial charge in [-0.15, -0.1) is 0 Å². The van der Waals surface area contributed by atoms with Gasteiger partial charge in [0.15, 0.2) is 0 Å². The molecule has 0 spiro atoms. The van der Waals surface area contributed by atoms with Gasteiger partial charge in [-0.3, -0.25) is 4.90 Å². The van der Waals surface area contributed by atoms with Gasteiger partial charge in [-0.05, 0) is 35.4 Å². The van der Waals surface area contributed by atoms with Crippen LogP contribution in [0.5, 0.6) is 0 Å². The Hall–Kier alpha value is -4.09. The van der Waals surface area contributed by atoms with Crippen molar-refractivity contribution in [3.8, 4) is 11.1 Å². The normalized spacial score (nSPS) is 14.2. The van der Waals surface area contributed by atoms with Gasteiger partial charge in [-0.25, -0.2) is 23.5 Å². The lowest BCUT2D eigenvalue weighted by Crippen LogP contribution is -2.35. The summed E-state index contributed by atoms with van der Waals surface area (Å²) in [4.78, 5) is 25.6. The second kappa shape index (κ2) is 9.65. The number of ether oxygens (including phenoxy) is 1. The molecule has 2 aromatic heterocycles. The Bertz CT molecular complexity index is 1390. The van der Waals surface area contributed by atoms with Crippen molar-refractivity contribution in [2.45, 2.75) is 6.54 Å². The number of nitrogens with two attached hydrogens (primary N) is 1. The lowest BCUT2D eigenvalue weighted by molar-refractivity contribution is 0.0341. The molecule has 180 valence electrons. The number of urea groups is 1. The Morgan fingerprint density at radius 2 is 1.77 bits per heavy atom. The van der Waals surface area contributed by atoms with Crippen molar-refractivity contribution in [2.24, 2.45) is 0 Å². The molecule has 0 aliphatic carbocycles. The zero-order chi connectivity index (χ0) is 24.4. The molecule has 35 heavy (non-hydrogen) atoms. The molecule has 2 aromatic carbocycles. The van der Waals surface area contributed by atoms with Crippen LogP contribution in [-0.2, 0) is 11.3 Å². The fourth-order valence-corrected chi connectivity index (χ4v) is 4.05. The van der Waals surface area contributed by atoms with Gasteiger partial charge in [0.05, 0.1) is 30.0 Å². The number of hydrogen-bond donors (Lipinski definition) is 4. The number of nitrogens with zero attached hydrogens (tertiary/aromatic N) is 3. The fourth-order valence-electron chi connectivity index (χ4n) is 4.05. The average molecular weight is 479 g/mol. The number of benzene rings is 2. The van der Waals surface area contributed by atoms with E-state index in [1.54, 1.807) is 18.3 Å². The van der Waals surface area contributed by atoms with Crippen molar-refractivity contribution >= 4 is 34.3 Å². The van der Waals surface area contributed by atoms with Crippen LogP contribution in [0.25, 0.3) is 22.2 Å². The van der Waals surface area contributed by atoms with Crippen LogP contribution < -0.4 is 16.4 Å². The molecule has 1 fully saturated rings. The zero-order valence-electron chi connectivity index (χ0n) is 18.6. The molecule has 0 saturated carbocycles. The zero-order valence-corrected chi connectivity index (χ0v) is 18.6. The Labute approximate surface area is 199 Å². The molecule has 9 nitrogen and oxygen atoms in total. The highest BCUT2D eigenvalue weighted by Gasteiger charge is 2.16. The fraction of sp³-hybridized carbons (Fsp3) is 0.208. The van der Waals surface area contributed by atoms with Crippen LogP contribution in [0.3, 0.4) is 0 Å². The predicted molar refractivity (Wildman–Crippen MR) is 129 cm³/mol. The maximum absolute atomic E-state index is 14.8. The van der Waals surface area contributed by atoms with Crippen molar-refractivity contribution in [3.05, 3.63) is 66.1 Å². The van der Waals surface area contributed by atoms with Crippen molar-refractivity contribution in [3.63, 3.8) is 0 Å². The molecular weight excluding hydrogens is 456 g/mol. The van der Waals surface area contributed by atoms with Crippen LogP contribution in [-0.4, -0.2) is 52.2 Å². The molecule has 5 rings (SSSR count). The molecule has 0 unspecified atom stereocenters. The number of amides is 2. The first kappa shape index (κ1) is 22.7. The maximum Gasteiger partial charge on any atom is 0.323 e. The van der Waals surface area contributed by atoms with E-state index in [2.05, 4.69) is 30.5 Å². The van der Waals surface area contributed by atoms with E-state index in [1.807, 2.05) is 0 Å². The number of carbonyl (C=O) groups is 1. The van der Waals surface area contributed by atoms with Crippen LogP contribution >= 0.6 is 0 Å². The number of halogens is 2. The smallest absolute Gasteiger partial charge is 0.323 e. The molecule has 1 saturated heterocycles. The topological polar surface area (TPSA) is 121 Å². The molecular formula is C24H23F2N7O2. The number of aromatic amines is 1. The first-order valence-corrected chi connectivity index (χ1v) is 11.0. The van der Waals surface area contributed by atoms with Crippen molar-refractivity contribution in [1.29, 1.82) is 0 Å². The van der Waals surface area contributed by atoms with Gasteiger partial charge in [-0.1, -0.05) is 12.1 Å². The molecule has 1 aliphatic rings. The molecule has 3 heterocycles. The van der Waals surface area contributed by atoms with Crippen LogP contribution in [0.2, 0.25) is 0 Å². The largest absolute Gasteiger partial charge is 0.383 e. The van der Waals surface area contributed by atoms with Gasteiger partial charge in [0.1, 0.15) is 29.4 Å². The van der Waals surface area contributed by atoms with Crippen molar-refractivity contribution in [2.75, 3.05) is 42.7 Å². The van der Waals surface area contributed by atoms with E-state index >= 15 is 0 Å². The van der Waals surface area contributed by atoms with Gasteiger partial charge in [-0.2, -0.15) is 0 Å². The quantitative estimate of drug-likeness (QED) is 0.344. The summed E-state index contributed by atoms with van der Waals surface area (Å²) in [7, 11) is 0. The molecule has 4 aromatic rings. The van der Waals surface area contributed by atoms with E-state index < -0.39 is 17.7 Å². The third-order valence-electron chi connectivity index (χ3n) is 5.82. The van der Waals surface area contributed by atoms with E-state index in [0.717, 1.165) is 18.7 Å². The monoisotopic (exact) mass is 479 g/mol. The van der Waals surface area contributed by atoms with Crippen LogP contribution in [0, 0.1) is 11.6 Å². The number of H-pyrrole nitrogens is 1. The number of nitrogen functional groups attached to an aromatic ring is 1. The minimum absolute atomic E-state index is 0.000441. The number of morpholine rings is 1. The average Bonchev–Trinajstić information content (AvgIpc) is 3.28. The Morgan fingerprint density at radius 1 is 1.06 bits per heavy atom.